The van der Waals surface area contributed by atoms with Crippen LogP contribution in [0.25, 0.3) is 0 Å². The average Bonchev–Trinajstić information content (AvgIpc) is 2.81. The van der Waals surface area contributed by atoms with Crippen LogP contribution >= 0.6 is 0 Å². The van der Waals surface area contributed by atoms with Crippen LogP contribution in [0.5, 0.6) is 5.88 Å². The summed E-state index contributed by atoms with van der Waals surface area (Å²) in [6, 6.07) is 0. The van der Waals surface area contributed by atoms with Gasteiger partial charge in [-0.3, -0.25) is 10.1 Å². The van der Waals surface area contributed by atoms with Crippen LogP contribution < -0.4 is 16.0 Å². The highest BCUT2D eigenvalue weighted by Gasteiger charge is 2.27. The third-order valence-electron chi connectivity index (χ3n) is 2.27. The van der Waals surface area contributed by atoms with Crippen molar-refractivity contribution in [3.8, 4) is 5.88 Å². The van der Waals surface area contributed by atoms with Gasteiger partial charge in [0.1, 0.15) is 12.4 Å². The molecule has 0 aliphatic carbocycles. The number of nitrogen functional groups attached to an aromatic ring is 1. The second-order valence-electron chi connectivity index (χ2n) is 3.38. The van der Waals surface area contributed by atoms with Crippen molar-refractivity contribution < 1.29 is 14.4 Å². The summed E-state index contributed by atoms with van der Waals surface area (Å²) in [4.78, 5) is 17.7. The Morgan fingerprint density at radius 1 is 1.65 bits per heavy atom. The van der Waals surface area contributed by atoms with E-state index in [1.165, 1.54) is 0 Å². The predicted octanol–water partition coefficient (Wildman–Crippen LogP) is -0.162. The molecular formula is C8H11N5O4. The lowest BCUT2D eigenvalue weighted by atomic mass is 10.3. The minimum Gasteiger partial charge on any atom is -0.467 e. The highest BCUT2D eigenvalue weighted by molar-refractivity contribution is 5.60. The zero-order valence-corrected chi connectivity index (χ0v) is 8.83. The number of nitro groups is 1. The largest absolute Gasteiger partial charge is 0.467 e. The van der Waals surface area contributed by atoms with E-state index in [1.54, 1.807) is 0 Å². The maximum atomic E-state index is 10.9. The first-order valence-corrected chi connectivity index (χ1v) is 4.92. The van der Waals surface area contributed by atoms with Crippen LogP contribution in [0.1, 0.15) is 6.42 Å². The van der Waals surface area contributed by atoms with Crippen molar-refractivity contribution >= 4 is 11.5 Å². The summed E-state index contributed by atoms with van der Waals surface area (Å²) in [5.41, 5.74) is 1.76. The number of hydrazine groups is 1. The lowest BCUT2D eigenvalue weighted by Crippen LogP contribution is -2.19. The molecule has 1 aliphatic rings. The van der Waals surface area contributed by atoms with E-state index in [9.17, 15) is 10.1 Å². The first-order valence-electron chi connectivity index (χ1n) is 4.92. The first kappa shape index (κ1) is 11.5. The smallest absolute Gasteiger partial charge is 0.374 e. The Morgan fingerprint density at radius 2 is 2.47 bits per heavy atom. The van der Waals surface area contributed by atoms with Crippen molar-refractivity contribution in [3.63, 3.8) is 0 Å². The van der Waals surface area contributed by atoms with Crippen molar-refractivity contribution in [1.29, 1.82) is 0 Å². The van der Waals surface area contributed by atoms with Gasteiger partial charge in [0.25, 0.3) is 5.88 Å². The van der Waals surface area contributed by atoms with Crippen molar-refractivity contribution in [1.82, 2.24) is 9.97 Å². The lowest BCUT2D eigenvalue weighted by Gasteiger charge is -2.11. The fraction of sp³-hybridized carbons (Fsp3) is 0.500. The van der Waals surface area contributed by atoms with Crippen LogP contribution in [0, 0.1) is 10.1 Å². The van der Waals surface area contributed by atoms with E-state index >= 15 is 0 Å². The van der Waals surface area contributed by atoms with E-state index in [-0.39, 0.29) is 23.5 Å². The van der Waals surface area contributed by atoms with E-state index in [2.05, 4.69) is 15.4 Å². The van der Waals surface area contributed by atoms with Gasteiger partial charge in [0.2, 0.25) is 5.82 Å². The second kappa shape index (κ2) is 4.89. The van der Waals surface area contributed by atoms with Crippen molar-refractivity contribution in [3.05, 3.63) is 16.4 Å². The number of nitrogens with two attached hydrogens (primary N) is 1. The molecule has 0 saturated carbocycles. The number of hydrogen-bond acceptors (Lipinski definition) is 8. The highest BCUT2D eigenvalue weighted by atomic mass is 16.6. The number of nitrogens with zero attached hydrogens (tertiary/aromatic N) is 3. The lowest BCUT2D eigenvalue weighted by molar-refractivity contribution is -0.385. The van der Waals surface area contributed by atoms with Crippen LogP contribution in [0.3, 0.4) is 0 Å². The Bertz CT molecular complexity index is 420. The van der Waals surface area contributed by atoms with Gasteiger partial charge < -0.3 is 14.9 Å². The zero-order valence-electron chi connectivity index (χ0n) is 8.83. The molecule has 1 aromatic rings. The van der Waals surface area contributed by atoms with Crippen molar-refractivity contribution in [2.75, 3.05) is 18.6 Å². The normalized spacial score (nSPS) is 19.0. The van der Waals surface area contributed by atoms with Crippen molar-refractivity contribution in [2.45, 2.75) is 12.5 Å². The minimum absolute atomic E-state index is 0.0843. The molecule has 0 radical (unpaired) electrons. The number of anilines is 1. The fourth-order valence-corrected chi connectivity index (χ4v) is 1.48. The Kier molecular flexibility index (Phi) is 3.30. The molecule has 0 aromatic carbocycles. The predicted molar refractivity (Wildman–Crippen MR) is 56.3 cm³/mol. The van der Waals surface area contributed by atoms with Gasteiger partial charge in [0.15, 0.2) is 0 Å². The van der Waals surface area contributed by atoms with Crippen molar-refractivity contribution in [2.24, 2.45) is 5.84 Å². The van der Waals surface area contributed by atoms with Crippen LogP contribution in [0.4, 0.5) is 11.5 Å². The number of aromatic nitrogens is 2. The van der Waals surface area contributed by atoms with Gasteiger partial charge in [-0.05, 0) is 0 Å². The summed E-state index contributed by atoms with van der Waals surface area (Å²) in [5, 5.41) is 10.9. The monoisotopic (exact) mass is 241 g/mol. The third-order valence-corrected chi connectivity index (χ3v) is 2.27. The number of hydrogen-bond donors (Lipinski definition) is 2. The van der Waals surface area contributed by atoms with Crippen LogP contribution in [-0.4, -0.2) is 34.2 Å². The topological polar surface area (TPSA) is 125 Å². The van der Waals surface area contributed by atoms with E-state index in [0.29, 0.717) is 19.6 Å². The van der Waals surface area contributed by atoms with Gasteiger partial charge in [0.05, 0.1) is 18.1 Å². The quantitative estimate of drug-likeness (QED) is 0.423. The number of rotatable bonds is 4. The SMILES string of the molecule is NNc1ncnc(OC2CCOC2)c1[N+](=O)[O-]. The Balaban J connectivity index is 2.28. The van der Waals surface area contributed by atoms with Gasteiger partial charge in [-0.2, -0.15) is 4.98 Å². The van der Waals surface area contributed by atoms with E-state index in [1.807, 2.05) is 0 Å². The maximum Gasteiger partial charge on any atom is 0.374 e. The molecule has 1 fully saturated rings. The molecule has 2 heterocycles. The summed E-state index contributed by atoms with van der Waals surface area (Å²) in [6.45, 7) is 0.970. The standard InChI is InChI=1S/C8H11N5O4/c9-12-7-6(13(14)15)8(11-4-10-7)17-5-1-2-16-3-5/h4-5H,1-3,9H2,(H,10,11,12). The summed E-state index contributed by atoms with van der Waals surface area (Å²) in [7, 11) is 0. The molecule has 1 atom stereocenters. The molecule has 0 bridgehead atoms. The maximum absolute atomic E-state index is 10.9. The van der Waals surface area contributed by atoms with Gasteiger partial charge in [-0.1, -0.05) is 0 Å². The van der Waals surface area contributed by atoms with Gasteiger partial charge >= 0.3 is 5.69 Å². The Labute approximate surface area is 96.1 Å². The summed E-state index contributed by atoms with van der Waals surface area (Å²) >= 11 is 0. The molecule has 0 amide bonds. The molecule has 9 heteroatoms. The molecule has 1 saturated heterocycles. The van der Waals surface area contributed by atoms with Gasteiger partial charge in [-0.15, -0.1) is 0 Å². The molecule has 0 spiro atoms. The summed E-state index contributed by atoms with van der Waals surface area (Å²) in [5.74, 6) is 4.95. The van der Waals surface area contributed by atoms with Gasteiger partial charge in [-0.25, -0.2) is 10.8 Å². The molecule has 1 unspecified atom stereocenters. The summed E-state index contributed by atoms with van der Waals surface area (Å²) in [6.07, 6.45) is 1.59. The average molecular weight is 241 g/mol. The molecule has 1 aliphatic heterocycles. The highest BCUT2D eigenvalue weighted by Crippen LogP contribution is 2.31. The molecule has 1 aromatic heterocycles. The molecule has 92 valence electrons. The fourth-order valence-electron chi connectivity index (χ4n) is 1.48. The van der Waals surface area contributed by atoms with Crippen LogP contribution in [-0.2, 0) is 4.74 Å². The molecule has 17 heavy (non-hydrogen) atoms. The summed E-state index contributed by atoms with van der Waals surface area (Å²) < 4.78 is 10.5. The zero-order chi connectivity index (χ0) is 12.3. The van der Waals surface area contributed by atoms with E-state index in [0.717, 1.165) is 6.33 Å². The Morgan fingerprint density at radius 3 is 3.06 bits per heavy atom. The Hall–Kier alpha value is -2.00. The number of ether oxygens (including phenoxy) is 2. The van der Waals surface area contributed by atoms with Crippen LogP contribution in [0.15, 0.2) is 6.33 Å². The number of nitrogens with one attached hydrogen (secondary N) is 1. The first-order chi connectivity index (χ1) is 8.22. The minimum atomic E-state index is -0.639. The molecular weight excluding hydrogens is 230 g/mol. The molecule has 2 rings (SSSR count). The molecule has 9 nitrogen and oxygen atoms in total. The van der Waals surface area contributed by atoms with Gasteiger partial charge in [0, 0.05) is 6.42 Å². The third kappa shape index (κ3) is 2.40. The van der Waals surface area contributed by atoms with Crippen LogP contribution in [0.2, 0.25) is 0 Å². The van der Waals surface area contributed by atoms with E-state index in [4.69, 9.17) is 15.3 Å². The molecule has 3 N–H and O–H groups in total. The van der Waals surface area contributed by atoms with E-state index < -0.39 is 4.92 Å². The second-order valence-corrected chi connectivity index (χ2v) is 3.38.